The van der Waals surface area contributed by atoms with Crippen LogP contribution in [0.4, 0.5) is 0 Å². The van der Waals surface area contributed by atoms with Gasteiger partial charge in [-0.3, -0.25) is 4.79 Å². The Labute approximate surface area is 108 Å². The molecule has 0 aromatic heterocycles. The SMILES string of the molecule is CC(C)(C)C(N)C(=O)N1CCCCC1(C)C(=O)O. The van der Waals surface area contributed by atoms with Gasteiger partial charge < -0.3 is 15.7 Å². The first kappa shape index (κ1) is 15.0. The summed E-state index contributed by atoms with van der Waals surface area (Å²) < 4.78 is 0. The molecule has 0 aromatic rings. The number of carbonyl (C=O) groups excluding carboxylic acids is 1. The molecule has 104 valence electrons. The van der Waals surface area contributed by atoms with Gasteiger partial charge in [0.05, 0.1) is 6.04 Å². The lowest BCUT2D eigenvalue weighted by Gasteiger charge is -2.44. The molecular formula is C13H24N2O3. The van der Waals surface area contributed by atoms with Crippen molar-refractivity contribution in [2.75, 3.05) is 6.54 Å². The van der Waals surface area contributed by atoms with E-state index in [9.17, 15) is 14.7 Å². The molecular weight excluding hydrogens is 232 g/mol. The second kappa shape index (κ2) is 4.88. The molecule has 0 saturated carbocycles. The number of hydrogen-bond donors (Lipinski definition) is 2. The van der Waals surface area contributed by atoms with E-state index in [0.29, 0.717) is 13.0 Å². The number of carbonyl (C=O) groups is 2. The molecule has 0 aliphatic carbocycles. The largest absolute Gasteiger partial charge is 0.480 e. The number of hydrogen-bond acceptors (Lipinski definition) is 3. The summed E-state index contributed by atoms with van der Waals surface area (Å²) in [5.74, 6) is -1.20. The maximum absolute atomic E-state index is 12.4. The highest BCUT2D eigenvalue weighted by Gasteiger charge is 2.46. The van der Waals surface area contributed by atoms with E-state index in [1.54, 1.807) is 6.92 Å². The minimum atomic E-state index is -1.11. The van der Waals surface area contributed by atoms with E-state index >= 15 is 0 Å². The van der Waals surface area contributed by atoms with Gasteiger partial charge in [-0.15, -0.1) is 0 Å². The average Bonchev–Trinajstić information content (AvgIpc) is 2.26. The molecule has 1 aliphatic rings. The molecule has 3 N–H and O–H groups in total. The van der Waals surface area contributed by atoms with Crippen LogP contribution in [-0.4, -0.2) is 40.0 Å². The number of carboxylic acid groups (broad SMARTS) is 1. The third kappa shape index (κ3) is 2.66. The van der Waals surface area contributed by atoms with Gasteiger partial charge in [-0.05, 0) is 31.6 Å². The predicted molar refractivity (Wildman–Crippen MR) is 69.0 cm³/mol. The maximum Gasteiger partial charge on any atom is 0.329 e. The molecule has 5 nitrogen and oxygen atoms in total. The van der Waals surface area contributed by atoms with Gasteiger partial charge in [0, 0.05) is 6.54 Å². The molecule has 0 spiro atoms. The molecule has 1 heterocycles. The summed E-state index contributed by atoms with van der Waals surface area (Å²) in [4.78, 5) is 25.3. The summed E-state index contributed by atoms with van der Waals surface area (Å²) in [6.07, 6.45) is 2.16. The van der Waals surface area contributed by atoms with Crippen LogP contribution in [0.15, 0.2) is 0 Å². The zero-order valence-corrected chi connectivity index (χ0v) is 11.7. The third-order valence-electron chi connectivity index (χ3n) is 3.82. The molecule has 1 amide bonds. The first-order chi connectivity index (χ1) is 8.10. The van der Waals surface area contributed by atoms with Crippen molar-refractivity contribution in [2.24, 2.45) is 11.1 Å². The zero-order valence-electron chi connectivity index (χ0n) is 11.7. The lowest BCUT2D eigenvalue weighted by Crippen LogP contribution is -2.62. The van der Waals surface area contributed by atoms with Crippen LogP contribution in [0.5, 0.6) is 0 Å². The monoisotopic (exact) mass is 256 g/mol. The topological polar surface area (TPSA) is 83.6 Å². The van der Waals surface area contributed by atoms with Gasteiger partial charge in [-0.2, -0.15) is 0 Å². The molecule has 1 fully saturated rings. The Bertz CT molecular complexity index is 349. The fourth-order valence-electron chi connectivity index (χ4n) is 2.23. The van der Waals surface area contributed by atoms with Gasteiger partial charge in [-0.25, -0.2) is 4.79 Å². The molecule has 0 bridgehead atoms. The molecule has 5 heteroatoms. The van der Waals surface area contributed by atoms with Crippen molar-refractivity contribution in [2.45, 2.75) is 58.5 Å². The van der Waals surface area contributed by atoms with Crippen molar-refractivity contribution >= 4 is 11.9 Å². The number of piperidine rings is 1. The normalized spacial score (nSPS) is 26.8. The number of likely N-dealkylation sites (tertiary alicyclic amines) is 1. The first-order valence-electron chi connectivity index (χ1n) is 6.41. The summed E-state index contributed by atoms with van der Waals surface area (Å²) >= 11 is 0. The van der Waals surface area contributed by atoms with Crippen LogP contribution in [0, 0.1) is 5.41 Å². The minimum Gasteiger partial charge on any atom is -0.480 e. The molecule has 2 atom stereocenters. The summed E-state index contributed by atoms with van der Waals surface area (Å²) in [6.45, 7) is 7.75. The molecule has 0 radical (unpaired) electrons. The van der Waals surface area contributed by atoms with E-state index in [0.717, 1.165) is 12.8 Å². The Kier molecular flexibility index (Phi) is 4.05. The number of nitrogens with two attached hydrogens (primary N) is 1. The molecule has 1 rings (SSSR count). The molecule has 1 saturated heterocycles. The van der Waals surface area contributed by atoms with E-state index in [1.165, 1.54) is 4.90 Å². The quantitative estimate of drug-likeness (QED) is 0.778. The van der Waals surface area contributed by atoms with Crippen molar-refractivity contribution in [3.8, 4) is 0 Å². The Morgan fingerprint density at radius 1 is 1.33 bits per heavy atom. The van der Waals surface area contributed by atoms with Crippen LogP contribution in [0.25, 0.3) is 0 Å². The first-order valence-corrected chi connectivity index (χ1v) is 6.41. The number of carboxylic acids is 1. The van der Waals surface area contributed by atoms with Gasteiger partial charge in [-0.1, -0.05) is 20.8 Å². The van der Waals surface area contributed by atoms with Crippen LogP contribution in [0.1, 0.15) is 47.0 Å². The average molecular weight is 256 g/mol. The highest BCUT2D eigenvalue weighted by atomic mass is 16.4. The number of amides is 1. The van der Waals surface area contributed by atoms with Crippen molar-refractivity contribution in [1.82, 2.24) is 4.90 Å². The lowest BCUT2D eigenvalue weighted by molar-refractivity contribution is -0.162. The van der Waals surface area contributed by atoms with Gasteiger partial charge in [0.15, 0.2) is 0 Å². The Morgan fingerprint density at radius 2 is 1.89 bits per heavy atom. The van der Waals surface area contributed by atoms with Crippen molar-refractivity contribution in [3.05, 3.63) is 0 Å². The summed E-state index contributed by atoms with van der Waals surface area (Å²) in [6, 6.07) is -0.672. The van der Waals surface area contributed by atoms with Gasteiger partial charge in [0.1, 0.15) is 5.54 Å². The van der Waals surface area contributed by atoms with E-state index in [1.807, 2.05) is 20.8 Å². The van der Waals surface area contributed by atoms with Gasteiger partial charge >= 0.3 is 5.97 Å². The number of aliphatic carboxylic acids is 1. The van der Waals surface area contributed by atoms with Crippen LogP contribution in [0.3, 0.4) is 0 Å². The van der Waals surface area contributed by atoms with Crippen LogP contribution in [-0.2, 0) is 9.59 Å². The fourth-order valence-corrected chi connectivity index (χ4v) is 2.23. The van der Waals surface area contributed by atoms with E-state index in [-0.39, 0.29) is 11.3 Å². The molecule has 0 aromatic carbocycles. The van der Waals surface area contributed by atoms with Crippen LogP contribution >= 0.6 is 0 Å². The highest BCUT2D eigenvalue weighted by Crippen LogP contribution is 2.30. The lowest BCUT2D eigenvalue weighted by atomic mass is 9.83. The molecule has 1 aliphatic heterocycles. The second-order valence-corrected chi connectivity index (χ2v) is 6.37. The minimum absolute atomic E-state index is 0.257. The van der Waals surface area contributed by atoms with E-state index in [2.05, 4.69) is 0 Å². The fraction of sp³-hybridized carbons (Fsp3) is 0.846. The van der Waals surface area contributed by atoms with Gasteiger partial charge in [0.2, 0.25) is 5.91 Å². The van der Waals surface area contributed by atoms with E-state index < -0.39 is 17.6 Å². The summed E-state index contributed by atoms with van der Waals surface area (Å²) in [5.41, 5.74) is 4.48. The van der Waals surface area contributed by atoms with E-state index in [4.69, 9.17) is 5.73 Å². The van der Waals surface area contributed by atoms with Crippen LogP contribution in [0.2, 0.25) is 0 Å². The standard InChI is InChI=1S/C13H24N2O3/c1-12(2,3)9(14)10(16)15-8-6-5-7-13(15,4)11(17)18/h9H,5-8,14H2,1-4H3,(H,17,18). The van der Waals surface area contributed by atoms with Crippen molar-refractivity contribution < 1.29 is 14.7 Å². The Morgan fingerprint density at radius 3 is 2.33 bits per heavy atom. The summed E-state index contributed by atoms with van der Waals surface area (Å²) in [5, 5.41) is 9.37. The molecule has 18 heavy (non-hydrogen) atoms. The third-order valence-corrected chi connectivity index (χ3v) is 3.82. The number of rotatable bonds is 2. The highest BCUT2D eigenvalue weighted by molar-refractivity contribution is 5.90. The Hall–Kier alpha value is -1.10. The smallest absolute Gasteiger partial charge is 0.329 e. The van der Waals surface area contributed by atoms with Crippen molar-refractivity contribution in [1.29, 1.82) is 0 Å². The predicted octanol–water partition coefficient (Wildman–Crippen LogP) is 1.22. The number of nitrogens with zero attached hydrogens (tertiary/aromatic N) is 1. The molecule has 2 unspecified atom stereocenters. The second-order valence-electron chi connectivity index (χ2n) is 6.37. The summed E-state index contributed by atoms with van der Waals surface area (Å²) in [7, 11) is 0. The Balaban J connectivity index is 2.98. The van der Waals surface area contributed by atoms with Crippen LogP contribution < -0.4 is 5.73 Å². The zero-order chi connectivity index (χ0) is 14.1. The maximum atomic E-state index is 12.4. The van der Waals surface area contributed by atoms with Gasteiger partial charge in [0.25, 0.3) is 0 Å². The van der Waals surface area contributed by atoms with Crippen molar-refractivity contribution in [3.63, 3.8) is 0 Å².